The van der Waals surface area contributed by atoms with Crippen molar-refractivity contribution >= 4 is 21.4 Å². The molecule has 0 heterocycles. The number of alkyl halides is 1. The molecule has 0 bridgehead atoms. The zero-order valence-corrected chi connectivity index (χ0v) is 10.7. The molecule has 92 valence electrons. The number of sulfone groups is 1. The van der Waals surface area contributed by atoms with E-state index in [4.69, 9.17) is 16.9 Å². The topological polar surface area (TPSA) is 57.9 Å². The van der Waals surface area contributed by atoms with Gasteiger partial charge in [0.2, 0.25) is 0 Å². The number of hydrogen-bond donors (Lipinski definition) is 0. The maximum absolute atomic E-state index is 12.9. The van der Waals surface area contributed by atoms with Crippen molar-refractivity contribution in [3.63, 3.8) is 0 Å². The van der Waals surface area contributed by atoms with E-state index in [0.29, 0.717) is 0 Å². The van der Waals surface area contributed by atoms with Crippen LogP contribution in [-0.2, 0) is 9.84 Å². The lowest BCUT2D eigenvalue weighted by Crippen LogP contribution is -2.19. The number of nitriles is 1. The summed E-state index contributed by atoms with van der Waals surface area (Å²) in [7, 11) is -3.63. The Kier molecular flexibility index (Phi) is 4.49. The Morgan fingerprint density at radius 3 is 2.71 bits per heavy atom. The average Bonchev–Trinajstić information content (AvgIpc) is 2.28. The molecule has 1 atom stereocenters. The Morgan fingerprint density at radius 1 is 1.53 bits per heavy atom. The molecule has 17 heavy (non-hydrogen) atoms. The first kappa shape index (κ1) is 13.9. The van der Waals surface area contributed by atoms with E-state index < -0.39 is 20.9 Å². The van der Waals surface area contributed by atoms with E-state index in [1.807, 2.05) is 0 Å². The molecule has 0 spiro atoms. The van der Waals surface area contributed by atoms with Gasteiger partial charge in [0.15, 0.2) is 9.84 Å². The van der Waals surface area contributed by atoms with Crippen LogP contribution in [0, 0.1) is 17.1 Å². The van der Waals surface area contributed by atoms with Crippen LogP contribution in [0.1, 0.15) is 18.9 Å². The van der Waals surface area contributed by atoms with Crippen LogP contribution in [0.25, 0.3) is 0 Å². The summed E-state index contributed by atoms with van der Waals surface area (Å²) in [4.78, 5) is -0.140. The Bertz CT molecular complexity index is 551. The predicted molar refractivity (Wildman–Crippen MR) is 63.1 cm³/mol. The van der Waals surface area contributed by atoms with Crippen molar-refractivity contribution in [1.29, 1.82) is 5.26 Å². The van der Waals surface area contributed by atoms with E-state index in [-0.39, 0.29) is 22.8 Å². The highest BCUT2D eigenvalue weighted by Crippen LogP contribution is 2.22. The summed E-state index contributed by atoms with van der Waals surface area (Å²) in [6, 6.07) is 4.75. The standard InChI is InChI=1S/C11H11ClFNO2S/c1-8(4-5-12)17(15,16)11-3-2-10(13)6-9(11)7-14/h2-3,6,8H,4-5H2,1H3. The first-order valence-electron chi connectivity index (χ1n) is 4.93. The molecule has 0 aromatic heterocycles. The van der Waals surface area contributed by atoms with Crippen LogP contribution >= 0.6 is 11.6 Å². The molecule has 0 fully saturated rings. The molecule has 0 aliphatic heterocycles. The molecule has 0 saturated heterocycles. The number of nitrogens with zero attached hydrogens (tertiary/aromatic N) is 1. The maximum Gasteiger partial charge on any atom is 0.182 e. The van der Waals surface area contributed by atoms with Gasteiger partial charge in [-0.3, -0.25) is 0 Å². The van der Waals surface area contributed by atoms with Gasteiger partial charge in [0.25, 0.3) is 0 Å². The second-order valence-electron chi connectivity index (χ2n) is 3.59. The molecule has 1 aromatic carbocycles. The Morgan fingerprint density at radius 2 is 2.18 bits per heavy atom. The van der Waals surface area contributed by atoms with Crippen molar-refractivity contribution in [1.82, 2.24) is 0 Å². The SMILES string of the molecule is CC(CCCl)S(=O)(=O)c1ccc(F)cc1C#N. The van der Waals surface area contributed by atoms with Gasteiger partial charge in [0.1, 0.15) is 11.9 Å². The average molecular weight is 276 g/mol. The number of benzene rings is 1. The minimum atomic E-state index is -3.63. The van der Waals surface area contributed by atoms with E-state index in [2.05, 4.69) is 0 Å². The first-order chi connectivity index (χ1) is 7.93. The lowest BCUT2D eigenvalue weighted by atomic mass is 10.2. The molecule has 0 amide bonds. The van der Waals surface area contributed by atoms with Gasteiger partial charge in [-0.25, -0.2) is 12.8 Å². The van der Waals surface area contributed by atoms with Crippen molar-refractivity contribution in [2.75, 3.05) is 5.88 Å². The second-order valence-corrected chi connectivity index (χ2v) is 6.30. The minimum absolute atomic E-state index is 0.140. The van der Waals surface area contributed by atoms with Crippen LogP contribution < -0.4 is 0 Å². The Labute approximate surface area is 105 Å². The highest BCUT2D eigenvalue weighted by atomic mass is 35.5. The number of hydrogen-bond acceptors (Lipinski definition) is 3. The summed E-state index contributed by atoms with van der Waals surface area (Å²) in [6.07, 6.45) is 0.284. The summed E-state index contributed by atoms with van der Waals surface area (Å²) < 4.78 is 37.1. The largest absolute Gasteiger partial charge is 0.223 e. The van der Waals surface area contributed by atoms with Gasteiger partial charge in [0.05, 0.1) is 15.7 Å². The predicted octanol–water partition coefficient (Wildman–Crippen LogP) is 2.49. The number of halogens is 2. The normalized spacial score (nSPS) is 13.1. The lowest BCUT2D eigenvalue weighted by Gasteiger charge is -2.12. The molecular formula is C11H11ClFNO2S. The summed E-state index contributed by atoms with van der Waals surface area (Å²) in [6.45, 7) is 1.52. The van der Waals surface area contributed by atoms with Crippen LogP contribution in [0.2, 0.25) is 0 Å². The smallest absolute Gasteiger partial charge is 0.182 e. The zero-order valence-electron chi connectivity index (χ0n) is 9.15. The van der Waals surface area contributed by atoms with Crippen molar-refractivity contribution in [2.45, 2.75) is 23.5 Å². The van der Waals surface area contributed by atoms with Crippen LogP contribution in [0.5, 0.6) is 0 Å². The highest BCUT2D eigenvalue weighted by Gasteiger charge is 2.25. The van der Waals surface area contributed by atoms with Gasteiger partial charge in [-0.05, 0) is 31.5 Å². The molecular weight excluding hydrogens is 265 g/mol. The molecule has 0 radical (unpaired) electrons. The molecule has 1 unspecified atom stereocenters. The molecule has 6 heteroatoms. The Balaban J connectivity index is 3.30. The summed E-state index contributed by atoms with van der Waals surface area (Å²) in [5.41, 5.74) is -0.175. The zero-order chi connectivity index (χ0) is 13.1. The molecule has 3 nitrogen and oxygen atoms in total. The quantitative estimate of drug-likeness (QED) is 0.627. The molecule has 0 aliphatic rings. The highest BCUT2D eigenvalue weighted by molar-refractivity contribution is 7.92. The molecule has 0 N–H and O–H groups in total. The van der Waals surface area contributed by atoms with Gasteiger partial charge < -0.3 is 0 Å². The van der Waals surface area contributed by atoms with Gasteiger partial charge in [-0.15, -0.1) is 11.6 Å². The monoisotopic (exact) mass is 275 g/mol. The number of rotatable bonds is 4. The molecule has 0 saturated carbocycles. The van der Waals surface area contributed by atoms with Crippen molar-refractivity contribution in [3.05, 3.63) is 29.6 Å². The summed E-state index contributed by atoms with van der Waals surface area (Å²) in [5.74, 6) is -0.422. The fourth-order valence-electron chi connectivity index (χ4n) is 1.36. The summed E-state index contributed by atoms with van der Waals surface area (Å²) in [5, 5.41) is 8.11. The van der Waals surface area contributed by atoms with E-state index in [9.17, 15) is 12.8 Å². The van der Waals surface area contributed by atoms with Gasteiger partial charge in [-0.2, -0.15) is 5.26 Å². The third-order valence-electron chi connectivity index (χ3n) is 2.41. The first-order valence-corrected chi connectivity index (χ1v) is 7.01. The fraction of sp³-hybridized carbons (Fsp3) is 0.364. The van der Waals surface area contributed by atoms with Crippen LogP contribution in [0.15, 0.2) is 23.1 Å². The third kappa shape index (κ3) is 2.96. The third-order valence-corrected chi connectivity index (χ3v) is 4.90. The Hall–Kier alpha value is -1.12. The van der Waals surface area contributed by atoms with Crippen molar-refractivity contribution in [3.8, 4) is 6.07 Å². The van der Waals surface area contributed by atoms with Crippen molar-refractivity contribution in [2.24, 2.45) is 0 Å². The lowest BCUT2D eigenvalue weighted by molar-refractivity contribution is 0.580. The summed E-state index contributed by atoms with van der Waals surface area (Å²) >= 11 is 5.50. The van der Waals surface area contributed by atoms with E-state index in [0.717, 1.165) is 18.2 Å². The van der Waals surface area contributed by atoms with Crippen molar-refractivity contribution < 1.29 is 12.8 Å². The van der Waals surface area contributed by atoms with Gasteiger partial charge in [0, 0.05) is 5.88 Å². The van der Waals surface area contributed by atoms with E-state index in [1.165, 1.54) is 6.92 Å². The molecule has 0 aliphatic carbocycles. The van der Waals surface area contributed by atoms with Crippen LogP contribution in [0.4, 0.5) is 4.39 Å². The fourth-order valence-corrected chi connectivity index (χ4v) is 3.35. The maximum atomic E-state index is 12.9. The van der Waals surface area contributed by atoms with Crippen LogP contribution in [0.3, 0.4) is 0 Å². The van der Waals surface area contributed by atoms with E-state index in [1.54, 1.807) is 6.07 Å². The minimum Gasteiger partial charge on any atom is -0.223 e. The molecule has 1 aromatic rings. The second kappa shape index (κ2) is 5.48. The van der Waals surface area contributed by atoms with Gasteiger partial charge >= 0.3 is 0 Å². The van der Waals surface area contributed by atoms with Gasteiger partial charge in [-0.1, -0.05) is 0 Å². The molecule has 1 rings (SSSR count). The van der Waals surface area contributed by atoms with Crippen LogP contribution in [-0.4, -0.2) is 19.5 Å². The van der Waals surface area contributed by atoms with E-state index >= 15 is 0 Å².